The van der Waals surface area contributed by atoms with Crippen molar-refractivity contribution in [3.8, 4) is 0 Å². The second kappa shape index (κ2) is 5.79. The minimum atomic E-state index is -0.155. The van der Waals surface area contributed by atoms with E-state index in [9.17, 15) is 4.79 Å². The SMILES string of the molecule is COC1CCC(NC(=O)c2cnccc2NN)C1. The van der Waals surface area contributed by atoms with E-state index in [1.54, 1.807) is 19.4 Å². The lowest BCUT2D eigenvalue weighted by molar-refractivity contribution is 0.0915. The Kier molecular flexibility index (Phi) is 4.11. The summed E-state index contributed by atoms with van der Waals surface area (Å²) in [5, 5.41) is 2.98. The van der Waals surface area contributed by atoms with E-state index in [0.717, 1.165) is 19.3 Å². The largest absolute Gasteiger partial charge is 0.381 e. The summed E-state index contributed by atoms with van der Waals surface area (Å²) in [6, 6.07) is 1.83. The lowest BCUT2D eigenvalue weighted by atomic mass is 10.2. The molecule has 0 aromatic carbocycles. The summed E-state index contributed by atoms with van der Waals surface area (Å²) in [5.41, 5.74) is 3.53. The highest BCUT2D eigenvalue weighted by atomic mass is 16.5. The van der Waals surface area contributed by atoms with E-state index >= 15 is 0 Å². The number of nitrogen functional groups attached to an aromatic ring is 1. The zero-order chi connectivity index (χ0) is 13.0. The van der Waals surface area contributed by atoms with Crippen LogP contribution in [0, 0.1) is 0 Å². The van der Waals surface area contributed by atoms with Crippen LogP contribution < -0.4 is 16.6 Å². The van der Waals surface area contributed by atoms with Crippen LogP contribution in [0.3, 0.4) is 0 Å². The second-order valence-electron chi connectivity index (χ2n) is 4.41. The predicted octanol–water partition coefficient (Wildman–Crippen LogP) is 0.665. The van der Waals surface area contributed by atoms with E-state index in [2.05, 4.69) is 15.7 Å². The standard InChI is InChI=1S/C12H18N4O2/c1-18-9-3-2-8(6-9)15-12(17)10-7-14-5-4-11(10)16-13/h4-5,7-9H,2-3,6,13H2,1H3,(H,14,16)(H,15,17). The van der Waals surface area contributed by atoms with Gasteiger partial charge in [-0.15, -0.1) is 0 Å². The molecule has 1 heterocycles. The van der Waals surface area contributed by atoms with Crippen molar-refractivity contribution in [3.63, 3.8) is 0 Å². The number of ether oxygens (including phenoxy) is 1. The number of amides is 1. The first-order valence-electron chi connectivity index (χ1n) is 5.99. The van der Waals surface area contributed by atoms with Gasteiger partial charge in [-0.05, 0) is 25.3 Å². The number of carbonyl (C=O) groups excluding carboxylic acids is 1. The Labute approximate surface area is 106 Å². The Hall–Kier alpha value is -1.66. The molecule has 2 atom stereocenters. The molecule has 98 valence electrons. The molecule has 1 aromatic heterocycles. The Morgan fingerprint density at radius 1 is 1.56 bits per heavy atom. The molecule has 2 unspecified atom stereocenters. The highest BCUT2D eigenvalue weighted by molar-refractivity contribution is 5.99. The number of anilines is 1. The summed E-state index contributed by atoms with van der Waals surface area (Å²) in [4.78, 5) is 16.0. The lowest BCUT2D eigenvalue weighted by Gasteiger charge is -2.14. The van der Waals surface area contributed by atoms with Gasteiger partial charge in [0.05, 0.1) is 17.4 Å². The maximum atomic E-state index is 12.1. The van der Waals surface area contributed by atoms with Crippen molar-refractivity contribution in [2.75, 3.05) is 12.5 Å². The van der Waals surface area contributed by atoms with Crippen molar-refractivity contribution in [1.29, 1.82) is 0 Å². The fourth-order valence-electron chi connectivity index (χ4n) is 2.25. The molecule has 1 fully saturated rings. The second-order valence-corrected chi connectivity index (χ2v) is 4.41. The first-order chi connectivity index (χ1) is 8.74. The monoisotopic (exact) mass is 250 g/mol. The third kappa shape index (κ3) is 2.77. The van der Waals surface area contributed by atoms with E-state index < -0.39 is 0 Å². The van der Waals surface area contributed by atoms with Crippen molar-refractivity contribution in [1.82, 2.24) is 10.3 Å². The number of nitrogens with one attached hydrogen (secondary N) is 2. The van der Waals surface area contributed by atoms with E-state index in [1.165, 1.54) is 6.20 Å². The van der Waals surface area contributed by atoms with Gasteiger partial charge in [0.15, 0.2) is 0 Å². The van der Waals surface area contributed by atoms with Gasteiger partial charge in [-0.25, -0.2) is 0 Å². The summed E-state index contributed by atoms with van der Waals surface area (Å²) in [6.07, 6.45) is 6.12. The number of methoxy groups -OCH3 is 1. The topological polar surface area (TPSA) is 89.3 Å². The molecule has 6 nitrogen and oxygen atoms in total. The van der Waals surface area contributed by atoms with E-state index in [-0.39, 0.29) is 18.1 Å². The van der Waals surface area contributed by atoms with Gasteiger partial charge in [0.2, 0.25) is 0 Å². The number of hydrogen-bond acceptors (Lipinski definition) is 5. The third-order valence-electron chi connectivity index (χ3n) is 3.27. The quantitative estimate of drug-likeness (QED) is 0.539. The number of nitrogens with zero attached hydrogens (tertiary/aromatic N) is 1. The van der Waals surface area contributed by atoms with Crippen LogP contribution in [-0.4, -0.2) is 30.1 Å². The molecule has 1 amide bonds. The van der Waals surface area contributed by atoms with Crippen molar-refractivity contribution in [2.45, 2.75) is 31.4 Å². The van der Waals surface area contributed by atoms with Gasteiger partial charge in [-0.2, -0.15) is 0 Å². The lowest BCUT2D eigenvalue weighted by Crippen LogP contribution is -2.34. The third-order valence-corrected chi connectivity index (χ3v) is 3.27. The highest BCUT2D eigenvalue weighted by Gasteiger charge is 2.26. The molecular weight excluding hydrogens is 232 g/mol. The number of hydrazine groups is 1. The zero-order valence-corrected chi connectivity index (χ0v) is 10.3. The molecule has 2 rings (SSSR count). The smallest absolute Gasteiger partial charge is 0.255 e. The fraction of sp³-hybridized carbons (Fsp3) is 0.500. The Morgan fingerprint density at radius 3 is 3.06 bits per heavy atom. The van der Waals surface area contributed by atoms with Gasteiger partial charge in [-0.1, -0.05) is 0 Å². The van der Waals surface area contributed by atoms with Crippen LogP contribution in [0.15, 0.2) is 18.5 Å². The van der Waals surface area contributed by atoms with Crippen LogP contribution in [0.25, 0.3) is 0 Å². The first kappa shape index (κ1) is 12.8. The Morgan fingerprint density at radius 2 is 2.39 bits per heavy atom. The van der Waals surface area contributed by atoms with Crippen molar-refractivity contribution in [2.24, 2.45) is 5.84 Å². The summed E-state index contributed by atoms with van der Waals surface area (Å²) in [6.45, 7) is 0. The molecule has 4 N–H and O–H groups in total. The first-order valence-corrected chi connectivity index (χ1v) is 5.99. The summed E-state index contributed by atoms with van der Waals surface area (Å²) < 4.78 is 5.28. The molecule has 6 heteroatoms. The number of aromatic nitrogens is 1. The average molecular weight is 250 g/mol. The molecule has 0 aliphatic heterocycles. The zero-order valence-electron chi connectivity index (χ0n) is 10.3. The molecule has 1 aliphatic rings. The van der Waals surface area contributed by atoms with Gasteiger partial charge in [0, 0.05) is 25.5 Å². The summed E-state index contributed by atoms with van der Waals surface area (Å²) in [7, 11) is 1.70. The maximum Gasteiger partial charge on any atom is 0.255 e. The molecular formula is C12H18N4O2. The van der Waals surface area contributed by atoms with E-state index in [0.29, 0.717) is 11.3 Å². The van der Waals surface area contributed by atoms with Crippen molar-refractivity contribution in [3.05, 3.63) is 24.0 Å². The highest BCUT2D eigenvalue weighted by Crippen LogP contribution is 2.22. The number of pyridine rings is 1. The average Bonchev–Trinajstić information content (AvgIpc) is 2.86. The van der Waals surface area contributed by atoms with Crippen LogP contribution in [0.2, 0.25) is 0 Å². The summed E-state index contributed by atoms with van der Waals surface area (Å²) >= 11 is 0. The van der Waals surface area contributed by atoms with Crippen LogP contribution in [0.1, 0.15) is 29.6 Å². The Bertz CT molecular complexity index is 424. The van der Waals surface area contributed by atoms with E-state index in [1.807, 2.05) is 0 Å². The van der Waals surface area contributed by atoms with Gasteiger partial charge < -0.3 is 15.5 Å². The molecule has 1 aliphatic carbocycles. The van der Waals surface area contributed by atoms with Gasteiger partial charge in [0.25, 0.3) is 5.91 Å². The fourth-order valence-corrected chi connectivity index (χ4v) is 2.25. The van der Waals surface area contributed by atoms with Gasteiger partial charge in [0.1, 0.15) is 0 Å². The minimum Gasteiger partial charge on any atom is -0.381 e. The predicted molar refractivity (Wildman–Crippen MR) is 67.9 cm³/mol. The molecule has 1 aromatic rings. The van der Waals surface area contributed by atoms with Gasteiger partial charge >= 0.3 is 0 Å². The van der Waals surface area contributed by atoms with Crippen LogP contribution >= 0.6 is 0 Å². The molecule has 1 saturated carbocycles. The number of rotatable bonds is 4. The van der Waals surface area contributed by atoms with Crippen LogP contribution in [-0.2, 0) is 4.74 Å². The maximum absolute atomic E-state index is 12.1. The molecule has 0 spiro atoms. The summed E-state index contributed by atoms with van der Waals surface area (Å²) in [5.74, 6) is 5.21. The Balaban J connectivity index is 2.00. The van der Waals surface area contributed by atoms with Crippen molar-refractivity contribution < 1.29 is 9.53 Å². The molecule has 0 radical (unpaired) electrons. The molecule has 18 heavy (non-hydrogen) atoms. The minimum absolute atomic E-state index is 0.155. The van der Waals surface area contributed by atoms with Crippen molar-refractivity contribution >= 4 is 11.6 Å². The number of nitrogens with two attached hydrogens (primary N) is 1. The van der Waals surface area contributed by atoms with Crippen LogP contribution in [0.5, 0.6) is 0 Å². The molecule has 0 saturated heterocycles. The number of hydrogen-bond donors (Lipinski definition) is 3. The van der Waals surface area contributed by atoms with E-state index in [4.69, 9.17) is 10.6 Å². The van der Waals surface area contributed by atoms with Crippen LogP contribution in [0.4, 0.5) is 5.69 Å². The molecule has 0 bridgehead atoms. The number of carbonyl (C=O) groups is 1. The van der Waals surface area contributed by atoms with Gasteiger partial charge in [-0.3, -0.25) is 15.6 Å². The normalized spacial score (nSPS) is 22.8.